The molecule has 0 rings (SSSR count). The van der Waals surface area contributed by atoms with Crippen molar-refractivity contribution in [3.05, 3.63) is 12.7 Å². The van der Waals surface area contributed by atoms with E-state index in [2.05, 4.69) is 6.58 Å². The van der Waals surface area contributed by atoms with Gasteiger partial charge in [0, 0.05) is 13.1 Å². The lowest BCUT2D eigenvalue weighted by atomic mass is 10.1. The molecule has 0 saturated carbocycles. The van der Waals surface area contributed by atoms with E-state index >= 15 is 0 Å². The largest absolute Gasteiger partial charge is 0.394 e. The van der Waals surface area contributed by atoms with E-state index in [0.717, 1.165) is 38.6 Å². The number of nitrogens with zero attached hydrogens (tertiary/aromatic N) is 1. The summed E-state index contributed by atoms with van der Waals surface area (Å²) in [4.78, 5) is 1.88. The molecule has 0 aromatic heterocycles. The van der Waals surface area contributed by atoms with Crippen LogP contribution in [-0.4, -0.2) is 70.4 Å². The van der Waals surface area contributed by atoms with Crippen molar-refractivity contribution in [3.8, 4) is 0 Å². The number of allylic oxidation sites excluding steroid dienone is 1. The van der Waals surface area contributed by atoms with Crippen molar-refractivity contribution in [1.82, 2.24) is 4.90 Å². The molecule has 0 heterocycles. The summed E-state index contributed by atoms with van der Waals surface area (Å²) in [5.41, 5.74) is 0. The minimum Gasteiger partial charge on any atom is -0.394 e. The van der Waals surface area contributed by atoms with Crippen LogP contribution in [0.2, 0.25) is 0 Å². The van der Waals surface area contributed by atoms with Gasteiger partial charge in [-0.1, -0.05) is 18.9 Å². The van der Waals surface area contributed by atoms with Crippen LogP contribution in [0.5, 0.6) is 0 Å². The third-order valence-corrected chi connectivity index (χ3v) is 2.99. The first-order valence-electron chi connectivity index (χ1n) is 7.05. The lowest BCUT2D eigenvalue weighted by Crippen LogP contribution is -2.40. The molecule has 0 aliphatic carbocycles. The maximum absolute atomic E-state index is 9.44. The standard InChI is InChI=1S/C14H29NO4/c1-2-3-4-5-6-7-8-15(9-13(18)11-16)10-14(19)12-17/h2,13-14,16-19H,1,3-12H2. The van der Waals surface area contributed by atoms with Crippen LogP contribution in [0.3, 0.4) is 0 Å². The third kappa shape index (κ3) is 11.1. The zero-order chi connectivity index (χ0) is 14.5. The molecule has 0 aliphatic rings. The molecule has 114 valence electrons. The Hall–Kier alpha value is -0.460. The molecule has 0 fully saturated rings. The molecule has 0 amide bonds. The van der Waals surface area contributed by atoms with Gasteiger partial charge in [-0.25, -0.2) is 0 Å². The van der Waals surface area contributed by atoms with Gasteiger partial charge in [-0.2, -0.15) is 0 Å². The molecule has 0 radical (unpaired) electrons. The smallest absolute Gasteiger partial charge is 0.0897 e. The molecule has 0 aromatic carbocycles. The first kappa shape index (κ1) is 18.5. The van der Waals surface area contributed by atoms with Gasteiger partial charge < -0.3 is 20.4 Å². The Morgan fingerprint density at radius 3 is 1.89 bits per heavy atom. The van der Waals surface area contributed by atoms with E-state index in [4.69, 9.17) is 10.2 Å². The lowest BCUT2D eigenvalue weighted by molar-refractivity contribution is 0.0228. The number of hydrogen-bond donors (Lipinski definition) is 4. The van der Waals surface area contributed by atoms with Gasteiger partial charge in [0.05, 0.1) is 25.4 Å². The van der Waals surface area contributed by atoms with Crippen molar-refractivity contribution in [3.63, 3.8) is 0 Å². The van der Waals surface area contributed by atoms with E-state index in [1.807, 2.05) is 11.0 Å². The summed E-state index contributed by atoms with van der Waals surface area (Å²) >= 11 is 0. The minimum atomic E-state index is -0.799. The fourth-order valence-electron chi connectivity index (χ4n) is 1.95. The number of hydrogen-bond acceptors (Lipinski definition) is 5. The summed E-state index contributed by atoms with van der Waals surface area (Å²) in [7, 11) is 0. The molecule has 0 saturated heterocycles. The Bertz CT molecular complexity index is 202. The van der Waals surface area contributed by atoms with E-state index in [1.165, 1.54) is 0 Å². The van der Waals surface area contributed by atoms with Gasteiger partial charge in [-0.3, -0.25) is 4.90 Å². The van der Waals surface area contributed by atoms with Crippen molar-refractivity contribution in [2.75, 3.05) is 32.8 Å². The van der Waals surface area contributed by atoms with Crippen molar-refractivity contribution >= 4 is 0 Å². The Balaban J connectivity index is 3.86. The first-order chi connectivity index (χ1) is 9.13. The molecule has 2 atom stereocenters. The predicted octanol–water partition coefficient (Wildman–Crippen LogP) is 0.131. The van der Waals surface area contributed by atoms with E-state index in [9.17, 15) is 10.2 Å². The van der Waals surface area contributed by atoms with E-state index in [1.54, 1.807) is 0 Å². The molecule has 0 aliphatic heterocycles. The van der Waals surface area contributed by atoms with Gasteiger partial charge in [0.1, 0.15) is 0 Å². The van der Waals surface area contributed by atoms with Gasteiger partial charge in [0.15, 0.2) is 0 Å². The van der Waals surface area contributed by atoms with Crippen LogP contribution in [0.4, 0.5) is 0 Å². The van der Waals surface area contributed by atoms with Crippen LogP contribution in [0, 0.1) is 0 Å². The Morgan fingerprint density at radius 2 is 1.42 bits per heavy atom. The second kappa shape index (κ2) is 12.6. The normalized spacial score (nSPS) is 14.6. The molecule has 2 unspecified atom stereocenters. The van der Waals surface area contributed by atoms with Crippen molar-refractivity contribution in [2.24, 2.45) is 0 Å². The highest BCUT2D eigenvalue weighted by molar-refractivity contribution is 4.69. The molecular weight excluding hydrogens is 246 g/mol. The average molecular weight is 275 g/mol. The topological polar surface area (TPSA) is 84.2 Å². The van der Waals surface area contributed by atoms with Crippen LogP contribution >= 0.6 is 0 Å². The predicted molar refractivity (Wildman–Crippen MR) is 75.9 cm³/mol. The summed E-state index contributed by atoms with van der Waals surface area (Å²) in [5, 5.41) is 36.6. The molecular formula is C14H29NO4. The van der Waals surface area contributed by atoms with Gasteiger partial charge in [-0.15, -0.1) is 6.58 Å². The maximum Gasteiger partial charge on any atom is 0.0897 e. The summed E-state index contributed by atoms with van der Waals surface area (Å²) in [6.07, 6.45) is 5.71. The number of rotatable bonds is 13. The average Bonchev–Trinajstić information content (AvgIpc) is 2.41. The second-order valence-corrected chi connectivity index (χ2v) is 4.92. The van der Waals surface area contributed by atoms with E-state index < -0.39 is 12.2 Å². The SMILES string of the molecule is C=CCCCCCCN(CC(O)CO)CC(O)CO. The van der Waals surface area contributed by atoms with Gasteiger partial charge in [0.25, 0.3) is 0 Å². The van der Waals surface area contributed by atoms with Crippen LogP contribution < -0.4 is 0 Å². The highest BCUT2D eigenvalue weighted by Gasteiger charge is 2.14. The third-order valence-electron chi connectivity index (χ3n) is 2.99. The molecule has 0 spiro atoms. The fourth-order valence-corrected chi connectivity index (χ4v) is 1.95. The highest BCUT2D eigenvalue weighted by atomic mass is 16.3. The van der Waals surface area contributed by atoms with Crippen molar-refractivity contribution in [1.29, 1.82) is 0 Å². The fraction of sp³-hybridized carbons (Fsp3) is 0.857. The van der Waals surface area contributed by atoms with Gasteiger partial charge >= 0.3 is 0 Å². The Kier molecular flexibility index (Phi) is 12.3. The second-order valence-electron chi connectivity index (χ2n) is 4.92. The summed E-state index contributed by atoms with van der Waals surface area (Å²) in [5.74, 6) is 0. The summed E-state index contributed by atoms with van der Waals surface area (Å²) in [6.45, 7) is 4.50. The zero-order valence-electron chi connectivity index (χ0n) is 11.7. The monoisotopic (exact) mass is 275 g/mol. The summed E-state index contributed by atoms with van der Waals surface area (Å²) in [6, 6.07) is 0. The number of aliphatic hydroxyl groups is 4. The molecule has 5 heteroatoms. The zero-order valence-corrected chi connectivity index (χ0v) is 11.7. The maximum atomic E-state index is 9.44. The molecule has 19 heavy (non-hydrogen) atoms. The van der Waals surface area contributed by atoms with Gasteiger partial charge in [0.2, 0.25) is 0 Å². The van der Waals surface area contributed by atoms with E-state index in [0.29, 0.717) is 13.1 Å². The Labute approximate surface area is 116 Å². The van der Waals surface area contributed by atoms with Crippen LogP contribution in [0.1, 0.15) is 32.1 Å². The summed E-state index contributed by atoms with van der Waals surface area (Å²) < 4.78 is 0. The van der Waals surface area contributed by atoms with Crippen LogP contribution in [-0.2, 0) is 0 Å². The number of unbranched alkanes of at least 4 members (excludes halogenated alkanes) is 4. The van der Waals surface area contributed by atoms with Crippen molar-refractivity contribution in [2.45, 2.75) is 44.3 Å². The first-order valence-corrected chi connectivity index (χ1v) is 7.05. The molecule has 0 aromatic rings. The molecule has 0 bridgehead atoms. The quantitative estimate of drug-likeness (QED) is 0.284. The molecule has 5 nitrogen and oxygen atoms in total. The van der Waals surface area contributed by atoms with Gasteiger partial charge in [-0.05, 0) is 25.8 Å². The minimum absolute atomic E-state index is 0.287. The lowest BCUT2D eigenvalue weighted by Gasteiger charge is -2.26. The van der Waals surface area contributed by atoms with Crippen LogP contribution in [0.25, 0.3) is 0 Å². The van der Waals surface area contributed by atoms with Crippen molar-refractivity contribution < 1.29 is 20.4 Å². The highest BCUT2D eigenvalue weighted by Crippen LogP contribution is 2.06. The Morgan fingerprint density at radius 1 is 0.895 bits per heavy atom. The molecule has 4 N–H and O–H groups in total. The van der Waals surface area contributed by atoms with E-state index in [-0.39, 0.29) is 13.2 Å². The number of aliphatic hydroxyl groups excluding tert-OH is 4. The van der Waals surface area contributed by atoms with Crippen LogP contribution in [0.15, 0.2) is 12.7 Å².